The molecule has 5 heteroatoms. The fraction of sp³-hybridized carbons (Fsp3) is 0.158. The third-order valence-electron chi connectivity index (χ3n) is 3.65. The molecule has 0 heterocycles. The van der Waals surface area contributed by atoms with E-state index in [1.807, 2.05) is 0 Å². The van der Waals surface area contributed by atoms with Gasteiger partial charge in [0.2, 0.25) is 5.75 Å². The molecule has 0 atom stereocenters. The van der Waals surface area contributed by atoms with Gasteiger partial charge in [-0.15, -0.1) is 0 Å². The quantitative estimate of drug-likeness (QED) is 0.717. The largest absolute Gasteiger partial charge is 0.493 e. The maximum Gasteiger partial charge on any atom is 0.203 e. The zero-order chi connectivity index (χ0) is 17.9. The van der Waals surface area contributed by atoms with E-state index >= 15 is 0 Å². The van der Waals surface area contributed by atoms with Crippen molar-refractivity contribution in [2.75, 3.05) is 21.3 Å². The molecule has 0 aliphatic heterocycles. The van der Waals surface area contributed by atoms with Crippen LogP contribution in [0.1, 0.15) is 11.1 Å². The highest BCUT2D eigenvalue weighted by atomic mass is 19.2. The van der Waals surface area contributed by atoms with Gasteiger partial charge in [0.15, 0.2) is 23.1 Å². The molecule has 0 spiro atoms. The van der Waals surface area contributed by atoms with Crippen LogP contribution in [0.15, 0.2) is 43.5 Å². The van der Waals surface area contributed by atoms with Crippen molar-refractivity contribution < 1.29 is 23.0 Å². The Morgan fingerprint density at radius 3 is 1.75 bits per heavy atom. The minimum atomic E-state index is -0.939. The lowest BCUT2D eigenvalue weighted by Crippen LogP contribution is -1.98. The van der Waals surface area contributed by atoms with Crippen molar-refractivity contribution in [2.24, 2.45) is 0 Å². The first kappa shape index (κ1) is 17.5. The van der Waals surface area contributed by atoms with Gasteiger partial charge in [-0.2, -0.15) is 0 Å². The highest BCUT2D eigenvalue weighted by molar-refractivity contribution is 6.03. The third kappa shape index (κ3) is 3.25. The van der Waals surface area contributed by atoms with Crippen LogP contribution < -0.4 is 14.2 Å². The van der Waals surface area contributed by atoms with Crippen molar-refractivity contribution in [1.29, 1.82) is 0 Å². The Morgan fingerprint density at radius 2 is 1.29 bits per heavy atom. The van der Waals surface area contributed by atoms with Gasteiger partial charge in [0.25, 0.3) is 0 Å². The molecular formula is C19H18F2O3. The van der Waals surface area contributed by atoms with Crippen LogP contribution in [0.5, 0.6) is 17.2 Å². The molecule has 0 bridgehead atoms. The molecule has 0 radical (unpaired) electrons. The van der Waals surface area contributed by atoms with Gasteiger partial charge in [0, 0.05) is 0 Å². The molecule has 126 valence electrons. The maximum atomic E-state index is 13.4. The number of allylic oxidation sites excluding steroid dienone is 2. The number of halogens is 2. The van der Waals surface area contributed by atoms with Gasteiger partial charge in [0.1, 0.15) is 0 Å². The van der Waals surface area contributed by atoms with E-state index in [1.54, 1.807) is 12.1 Å². The van der Waals surface area contributed by atoms with Gasteiger partial charge in [-0.25, -0.2) is 8.78 Å². The van der Waals surface area contributed by atoms with E-state index in [4.69, 9.17) is 14.2 Å². The lowest BCUT2D eigenvalue weighted by Gasteiger charge is -2.16. The van der Waals surface area contributed by atoms with Crippen molar-refractivity contribution in [3.63, 3.8) is 0 Å². The molecule has 2 aromatic carbocycles. The van der Waals surface area contributed by atoms with Crippen LogP contribution in [0, 0.1) is 11.6 Å². The number of rotatable bonds is 6. The van der Waals surface area contributed by atoms with Gasteiger partial charge in [-0.1, -0.05) is 19.2 Å². The fourth-order valence-electron chi connectivity index (χ4n) is 2.29. The molecule has 0 fully saturated rings. The van der Waals surface area contributed by atoms with E-state index in [9.17, 15) is 8.78 Å². The number of methoxy groups -OCH3 is 3. The molecule has 24 heavy (non-hydrogen) atoms. The Morgan fingerprint density at radius 1 is 0.750 bits per heavy atom. The lowest BCUT2D eigenvalue weighted by molar-refractivity contribution is 0.324. The molecule has 2 aromatic rings. The summed E-state index contributed by atoms with van der Waals surface area (Å²) in [7, 11) is 4.52. The summed E-state index contributed by atoms with van der Waals surface area (Å²) in [5.41, 5.74) is 2.09. The van der Waals surface area contributed by atoms with Crippen molar-refractivity contribution in [3.05, 3.63) is 66.3 Å². The smallest absolute Gasteiger partial charge is 0.203 e. The van der Waals surface area contributed by atoms with Crippen molar-refractivity contribution in [2.45, 2.75) is 0 Å². The maximum absolute atomic E-state index is 13.4. The summed E-state index contributed by atoms with van der Waals surface area (Å²) in [6.45, 7) is 7.92. The Bertz CT molecular complexity index is 772. The molecular weight excluding hydrogens is 314 g/mol. The molecule has 0 saturated heterocycles. The number of hydrogen-bond donors (Lipinski definition) is 0. The highest BCUT2D eigenvalue weighted by Gasteiger charge is 2.16. The molecule has 0 unspecified atom stereocenters. The van der Waals surface area contributed by atoms with E-state index in [0.717, 1.165) is 12.1 Å². The number of benzene rings is 2. The van der Waals surface area contributed by atoms with E-state index in [2.05, 4.69) is 13.2 Å². The van der Waals surface area contributed by atoms with Crippen LogP contribution in [0.4, 0.5) is 8.78 Å². The minimum absolute atomic E-state index is 0.438. The monoisotopic (exact) mass is 332 g/mol. The second kappa shape index (κ2) is 7.17. The first-order chi connectivity index (χ1) is 11.4. The van der Waals surface area contributed by atoms with Gasteiger partial charge in [-0.3, -0.25) is 0 Å². The van der Waals surface area contributed by atoms with E-state index in [1.165, 1.54) is 27.4 Å². The van der Waals surface area contributed by atoms with Crippen LogP contribution in [-0.2, 0) is 0 Å². The second-order valence-corrected chi connectivity index (χ2v) is 5.00. The van der Waals surface area contributed by atoms with Gasteiger partial charge >= 0.3 is 0 Å². The van der Waals surface area contributed by atoms with Crippen LogP contribution in [0.25, 0.3) is 11.1 Å². The van der Waals surface area contributed by atoms with Gasteiger partial charge < -0.3 is 14.2 Å². The summed E-state index contributed by atoms with van der Waals surface area (Å²) in [5, 5.41) is 0. The summed E-state index contributed by atoms with van der Waals surface area (Å²) >= 11 is 0. The minimum Gasteiger partial charge on any atom is -0.493 e. The average Bonchev–Trinajstić information content (AvgIpc) is 2.61. The van der Waals surface area contributed by atoms with Gasteiger partial charge in [-0.05, 0) is 46.5 Å². The molecule has 0 aromatic heterocycles. The lowest BCUT2D eigenvalue weighted by atomic mass is 9.94. The first-order valence-corrected chi connectivity index (χ1v) is 7.06. The summed E-state index contributed by atoms with van der Waals surface area (Å²) in [6.07, 6.45) is 0. The topological polar surface area (TPSA) is 27.7 Å². The fourth-order valence-corrected chi connectivity index (χ4v) is 2.29. The summed E-state index contributed by atoms with van der Waals surface area (Å²) in [4.78, 5) is 0. The molecule has 2 rings (SSSR count). The molecule has 3 nitrogen and oxygen atoms in total. The second-order valence-electron chi connectivity index (χ2n) is 5.00. The Balaban J connectivity index is 2.45. The van der Waals surface area contributed by atoms with Crippen molar-refractivity contribution in [1.82, 2.24) is 0 Å². The van der Waals surface area contributed by atoms with E-state index in [-0.39, 0.29) is 0 Å². The first-order valence-electron chi connectivity index (χ1n) is 7.06. The van der Waals surface area contributed by atoms with Crippen molar-refractivity contribution >= 4 is 11.1 Å². The normalized spacial score (nSPS) is 10.2. The van der Waals surface area contributed by atoms with Crippen LogP contribution >= 0.6 is 0 Å². The van der Waals surface area contributed by atoms with Crippen LogP contribution in [-0.4, -0.2) is 21.3 Å². The molecule has 0 aliphatic rings. The SMILES string of the molecule is C=C(C(=C)c1cc(OC)c(OC)c(OC)c1)c1ccc(F)c(F)c1. The van der Waals surface area contributed by atoms with E-state index in [0.29, 0.717) is 39.5 Å². The van der Waals surface area contributed by atoms with Crippen molar-refractivity contribution in [3.8, 4) is 17.2 Å². The van der Waals surface area contributed by atoms with Crippen LogP contribution in [0.3, 0.4) is 0 Å². The third-order valence-corrected chi connectivity index (χ3v) is 3.65. The zero-order valence-electron chi connectivity index (χ0n) is 13.8. The average molecular weight is 332 g/mol. The summed E-state index contributed by atoms with van der Waals surface area (Å²) < 4.78 is 42.4. The number of ether oxygens (including phenoxy) is 3. The highest BCUT2D eigenvalue weighted by Crippen LogP contribution is 2.41. The Hall–Kier alpha value is -2.82. The standard InChI is InChI=1S/C19H18F2O3/c1-11(13-6-7-15(20)16(21)8-13)12(2)14-9-17(22-3)19(24-5)18(10-14)23-4/h6-10H,1-2H2,3-5H3. The zero-order valence-corrected chi connectivity index (χ0v) is 13.8. The summed E-state index contributed by atoms with van der Waals surface area (Å²) in [5.74, 6) is -0.469. The Labute approximate surface area is 139 Å². The predicted molar refractivity (Wildman–Crippen MR) is 90.5 cm³/mol. The van der Waals surface area contributed by atoms with Crippen LogP contribution in [0.2, 0.25) is 0 Å². The summed E-state index contributed by atoms with van der Waals surface area (Å²) in [6, 6.07) is 7.02. The van der Waals surface area contributed by atoms with Gasteiger partial charge in [0.05, 0.1) is 21.3 Å². The number of hydrogen-bond acceptors (Lipinski definition) is 3. The van der Waals surface area contributed by atoms with E-state index < -0.39 is 11.6 Å². The Kier molecular flexibility index (Phi) is 5.24. The molecule has 0 amide bonds. The predicted octanol–water partition coefficient (Wildman–Crippen LogP) is 4.72. The molecule has 0 aliphatic carbocycles. The molecule has 0 N–H and O–H groups in total. The molecule has 0 saturated carbocycles.